The molecule has 0 radical (unpaired) electrons. The van der Waals surface area contributed by atoms with Crippen LogP contribution in [0.1, 0.15) is 29.1 Å². The SMILES string of the molecule is CC1(C)C(=O)N(Cc2ccc3c(N)ncnc3c2)CCN1C(=O)c1cc2ccc(Cl)cc2s1. The molecule has 1 aliphatic rings. The first kappa shape index (κ1) is 21.6. The summed E-state index contributed by atoms with van der Waals surface area (Å²) in [7, 11) is 0. The van der Waals surface area contributed by atoms with E-state index in [0.29, 0.717) is 35.4 Å². The van der Waals surface area contributed by atoms with Gasteiger partial charge in [0.15, 0.2) is 0 Å². The summed E-state index contributed by atoms with van der Waals surface area (Å²) in [4.78, 5) is 39.1. The number of nitrogens with two attached hydrogens (primary N) is 1. The van der Waals surface area contributed by atoms with Gasteiger partial charge in [-0.15, -0.1) is 11.3 Å². The van der Waals surface area contributed by atoms with Crippen LogP contribution in [0.4, 0.5) is 5.82 Å². The average molecular weight is 480 g/mol. The number of piperazine rings is 1. The molecular formula is C24H22ClN5O2S. The third kappa shape index (κ3) is 3.79. The van der Waals surface area contributed by atoms with Crippen LogP contribution in [-0.2, 0) is 11.3 Å². The molecule has 0 saturated carbocycles. The lowest BCUT2D eigenvalue weighted by atomic mass is 9.96. The van der Waals surface area contributed by atoms with E-state index in [0.717, 1.165) is 26.6 Å². The van der Waals surface area contributed by atoms with Gasteiger partial charge in [0, 0.05) is 34.7 Å². The van der Waals surface area contributed by atoms with E-state index >= 15 is 0 Å². The number of anilines is 1. The van der Waals surface area contributed by atoms with Gasteiger partial charge in [-0.1, -0.05) is 23.7 Å². The van der Waals surface area contributed by atoms with Crippen molar-refractivity contribution in [2.75, 3.05) is 18.8 Å². The van der Waals surface area contributed by atoms with Gasteiger partial charge in [0.25, 0.3) is 5.91 Å². The minimum atomic E-state index is -0.966. The number of halogens is 1. The Hall–Kier alpha value is -3.23. The van der Waals surface area contributed by atoms with Gasteiger partial charge in [0.2, 0.25) is 5.91 Å². The Morgan fingerprint density at radius 1 is 1.15 bits per heavy atom. The maximum absolute atomic E-state index is 13.4. The summed E-state index contributed by atoms with van der Waals surface area (Å²) in [5.41, 5.74) is 6.64. The molecule has 4 aromatic rings. The minimum absolute atomic E-state index is 0.0893. The number of carbonyl (C=O) groups is 2. The summed E-state index contributed by atoms with van der Waals surface area (Å²) in [5.74, 6) is 0.205. The molecule has 1 saturated heterocycles. The van der Waals surface area contributed by atoms with Gasteiger partial charge in [-0.3, -0.25) is 9.59 Å². The highest BCUT2D eigenvalue weighted by atomic mass is 35.5. The number of nitrogen functional groups attached to an aromatic ring is 1. The highest BCUT2D eigenvalue weighted by Crippen LogP contribution is 2.32. The number of benzene rings is 2. The Bertz CT molecular complexity index is 1420. The molecule has 33 heavy (non-hydrogen) atoms. The van der Waals surface area contributed by atoms with E-state index in [9.17, 15) is 9.59 Å². The molecule has 2 N–H and O–H groups in total. The Kier molecular flexibility index (Phi) is 5.22. The van der Waals surface area contributed by atoms with E-state index in [-0.39, 0.29) is 11.8 Å². The third-order valence-electron chi connectivity index (χ3n) is 6.12. The van der Waals surface area contributed by atoms with Gasteiger partial charge in [-0.2, -0.15) is 0 Å². The number of hydrogen-bond donors (Lipinski definition) is 1. The van der Waals surface area contributed by atoms with Crippen LogP contribution in [0, 0.1) is 0 Å². The van der Waals surface area contributed by atoms with Crippen molar-refractivity contribution in [2.24, 2.45) is 0 Å². The van der Waals surface area contributed by atoms with Crippen LogP contribution in [0.5, 0.6) is 0 Å². The Labute approximate surface area is 199 Å². The summed E-state index contributed by atoms with van der Waals surface area (Å²) in [6.45, 7) is 4.95. The molecule has 0 atom stereocenters. The predicted molar refractivity (Wildman–Crippen MR) is 131 cm³/mol. The van der Waals surface area contributed by atoms with E-state index in [4.69, 9.17) is 17.3 Å². The van der Waals surface area contributed by atoms with E-state index in [1.54, 1.807) is 23.6 Å². The largest absolute Gasteiger partial charge is 0.383 e. The highest BCUT2D eigenvalue weighted by Gasteiger charge is 2.44. The number of aromatic nitrogens is 2. The summed E-state index contributed by atoms with van der Waals surface area (Å²) < 4.78 is 0.953. The molecule has 1 fully saturated rings. The fourth-order valence-electron chi connectivity index (χ4n) is 4.30. The molecule has 168 valence electrons. The molecule has 2 aromatic heterocycles. The van der Waals surface area contributed by atoms with E-state index in [2.05, 4.69) is 9.97 Å². The first-order valence-electron chi connectivity index (χ1n) is 10.5. The lowest BCUT2D eigenvalue weighted by molar-refractivity contribution is -0.147. The van der Waals surface area contributed by atoms with Crippen molar-refractivity contribution in [1.82, 2.24) is 19.8 Å². The molecule has 0 aliphatic carbocycles. The van der Waals surface area contributed by atoms with E-state index < -0.39 is 5.54 Å². The van der Waals surface area contributed by atoms with Crippen molar-refractivity contribution >= 4 is 61.6 Å². The summed E-state index contributed by atoms with van der Waals surface area (Å²) in [6, 6.07) is 13.2. The maximum Gasteiger partial charge on any atom is 0.264 e. The smallest absolute Gasteiger partial charge is 0.264 e. The van der Waals surface area contributed by atoms with Crippen LogP contribution in [0.3, 0.4) is 0 Å². The molecule has 2 aromatic carbocycles. The van der Waals surface area contributed by atoms with Crippen LogP contribution >= 0.6 is 22.9 Å². The fourth-order valence-corrected chi connectivity index (χ4v) is 5.58. The van der Waals surface area contributed by atoms with Gasteiger partial charge in [0.05, 0.1) is 10.4 Å². The van der Waals surface area contributed by atoms with Crippen LogP contribution in [0.2, 0.25) is 5.02 Å². The van der Waals surface area contributed by atoms with Crippen LogP contribution in [0.25, 0.3) is 21.0 Å². The van der Waals surface area contributed by atoms with Crippen molar-refractivity contribution in [3.63, 3.8) is 0 Å². The normalized spacial score (nSPS) is 16.0. The Balaban J connectivity index is 1.37. The second kappa shape index (κ2) is 7.97. The molecule has 5 rings (SSSR count). The zero-order chi connectivity index (χ0) is 23.3. The van der Waals surface area contributed by atoms with E-state index in [1.165, 1.54) is 17.7 Å². The number of carbonyl (C=O) groups excluding carboxylic acids is 2. The monoisotopic (exact) mass is 479 g/mol. The standard InChI is InChI=1S/C24H22ClN5O2S/c1-24(2)23(32)29(12-14-3-6-17-18(9-14)27-13-28-21(17)26)7-8-30(24)22(31)20-10-15-4-5-16(25)11-19(15)33-20/h3-6,9-11,13H,7-8,12H2,1-2H3,(H2,26,27,28). The average Bonchev–Trinajstić information content (AvgIpc) is 3.20. The first-order valence-corrected chi connectivity index (χ1v) is 11.7. The number of amides is 2. The van der Waals surface area contributed by atoms with Crippen molar-refractivity contribution in [2.45, 2.75) is 25.9 Å². The van der Waals surface area contributed by atoms with Gasteiger partial charge in [0.1, 0.15) is 17.7 Å². The molecule has 1 aliphatic heterocycles. The zero-order valence-corrected chi connectivity index (χ0v) is 19.8. The second-order valence-electron chi connectivity index (χ2n) is 8.65. The summed E-state index contributed by atoms with van der Waals surface area (Å²) >= 11 is 7.49. The molecule has 0 bridgehead atoms. The number of rotatable bonds is 3. The van der Waals surface area contributed by atoms with Crippen molar-refractivity contribution < 1.29 is 9.59 Å². The number of hydrogen-bond acceptors (Lipinski definition) is 6. The topological polar surface area (TPSA) is 92.4 Å². The van der Waals surface area contributed by atoms with Crippen LogP contribution in [0.15, 0.2) is 48.8 Å². The van der Waals surface area contributed by atoms with Crippen molar-refractivity contribution in [1.29, 1.82) is 0 Å². The minimum Gasteiger partial charge on any atom is -0.383 e. The summed E-state index contributed by atoms with van der Waals surface area (Å²) in [6.07, 6.45) is 1.43. The number of fused-ring (bicyclic) bond motifs is 2. The first-order chi connectivity index (χ1) is 15.7. The van der Waals surface area contributed by atoms with Gasteiger partial charge < -0.3 is 15.5 Å². The Morgan fingerprint density at radius 3 is 2.79 bits per heavy atom. The number of thiophene rings is 1. The predicted octanol–water partition coefficient (Wildman–Crippen LogP) is 4.34. The van der Waals surface area contributed by atoms with Gasteiger partial charge >= 0.3 is 0 Å². The second-order valence-corrected chi connectivity index (χ2v) is 10.2. The van der Waals surface area contributed by atoms with Crippen LogP contribution in [-0.4, -0.2) is 50.2 Å². The number of nitrogens with zero attached hydrogens (tertiary/aromatic N) is 4. The highest BCUT2D eigenvalue weighted by molar-refractivity contribution is 7.20. The van der Waals surface area contributed by atoms with Gasteiger partial charge in [-0.05, 0) is 55.1 Å². The molecular weight excluding hydrogens is 458 g/mol. The molecule has 2 amide bonds. The molecule has 0 unspecified atom stereocenters. The Morgan fingerprint density at radius 2 is 1.97 bits per heavy atom. The molecule has 0 spiro atoms. The van der Waals surface area contributed by atoms with Crippen LogP contribution < -0.4 is 5.73 Å². The quantitative estimate of drug-likeness (QED) is 0.471. The summed E-state index contributed by atoms with van der Waals surface area (Å²) in [5, 5.41) is 2.39. The molecule has 3 heterocycles. The third-order valence-corrected chi connectivity index (χ3v) is 7.44. The van der Waals surface area contributed by atoms with E-state index in [1.807, 2.05) is 42.5 Å². The van der Waals surface area contributed by atoms with Gasteiger partial charge in [-0.25, -0.2) is 9.97 Å². The lowest BCUT2D eigenvalue weighted by Gasteiger charge is -2.45. The molecule has 7 nitrogen and oxygen atoms in total. The molecule has 9 heteroatoms. The lowest BCUT2D eigenvalue weighted by Crippen LogP contribution is -2.64. The zero-order valence-electron chi connectivity index (χ0n) is 18.2. The fraction of sp³-hybridized carbons (Fsp3) is 0.250. The van der Waals surface area contributed by atoms with Crippen molar-refractivity contribution in [3.8, 4) is 0 Å². The maximum atomic E-state index is 13.4. The van der Waals surface area contributed by atoms with Crippen molar-refractivity contribution in [3.05, 3.63) is 64.3 Å².